The molecule has 1 aliphatic heterocycles. The molecule has 7 nitrogen and oxygen atoms in total. The maximum atomic E-state index is 13.0. The summed E-state index contributed by atoms with van der Waals surface area (Å²) in [5.74, 6) is 1.63. The first-order chi connectivity index (χ1) is 13.5. The summed E-state index contributed by atoms with van der Waals surface area (Å²) in [4.78, 5) is 9.56. The van der Waals surface area contributed by atoms with Crippen molar-refractivity contribution >= 4 is 21.2 Å². The number of sulfonamides is 1. The number of hydrogen-bond donors (Lipinski definition) is 0. The summed E-state index contributed by atoms with van der Waals surface area (Å²) in [7, 11) is -1.97. The topological polar surface area (TPSA) is 77.3 Å². The lowest BCUT2D eigenvalue weighted by Gasteiger charge is -2.17. The van der Waals surface area contributed by atoms with Gasteiger partial charge in [0.2, 0.25) is 10.0 Å². The first-order valence-corrected chi connectivity index (χ1v) is 10.9. The van der Waals surface area contributed by atoms with Gasteiger partial charge in [-0.05, 0) is 49.2 Å². The molecule has 0 N–H and O–H groups in total. The van der Waals surface area contributed by atoms with Gasteiger partial charge in [-0.1, -0.05) is 6.92 Å². The van der Waals surface area contributed by atoms with Gasteiger partial charge in [-0.15, -0.1) is 0 Å². The molecule has 148 valence electrons. The molecule has 3 heterocycles. The van der Waals surface area contributed by atoms with Gasteiger partial charge < -0.3 is 9.30 Å². The maximum absolute atomic E-state index is 13.0. The summed E-state index contributed by atoms with van der Waals surface area (Å²) in [5, 5.41) is 0. The van der Waals surface area contributed by atoms with Crippen molar-refractivity contribution in [2.45, 2.75) is 37.1 Å². The molecular weight excluding hydrogens is 376 g/mol. The lowest BCUT2D eigenvalue weighted by Crippen LogP contribution is -2.29. The molecule has 0 unspecified atom stereocenters. The molecule has 0 saturated carbocycles. The molecule has 0 aliphatic carbocycles. The van der Waals surface area contributed by atoms with E-state index >= 15 is 0 Å². The second-order valence-corrected chi connectivity index (χ2v) is 8.93. The molecule has 1 aromatic carbocycles. The highest BCUT2D eigenvalue weighted by molar-refractivity contribution is 7.89. The van der Waals surface area contributed by atoms with Gasteiger partial charge in [0.1, 0.15) is 17.1 Å². The summed E-state index contributed by atoms with van der Waals surface area (Å²) in [6, 6.07) is 10.4. The summed E-state index contributed by atoms with van der Waals surface area (Å²) >= 11 is 0. The summed E-state index contributed by atoms with van der Waals surface area (Å²) < 4.78 is 34.9. The Labute approximate surface area is 165 Å². The predicted molar refractivity (Wildman–Crippen MR) is 107 cm³/mol. The first-order valence-electron chi connectivity index (χ1n) is 9.50. The maximum Gasteiger partial charge on any atom is 0.243 e. The largest absolute Gasteiger partial charge is 0.497 e. The number of imidazole rings is 1. The average Bonchev–Trinajstić information content (AvgIpc) is 3.34. The van der Waals surface area contributed by atoms with E-state index in [1.807, 2.05) is 12.1 Å². The van der Waals surface area contributed by atoms with E-state index in [0.717, 1.165) is 36.4 Å². The quantitative estimate of drug-likeness (QED) is 0.636. The Morgan fingerprint density at radius 2 is 2.00 bits per heavy atom. The standard InChI is InChI=1S/C20H24N4O3S/c1-3-12-24-19(22-18-5-4-11-21-20(18)24)15-10-13-23(14-15)28(25,26)17-8-6-16(27-2)7-9-17/h4-9,11,15H,3,10,12-14H2,1-2H3/t15-/m0/s1. The molecule has 2 aromatic heterocycles. The Morgan fingerprint density at radius 3 is 2.71 bits per heavy atom. The summed E-state index contributed by atoms with van der Waals surface area (Å²) in [6.45, 7) is 3.86. The van der Waals surface area contributed by atoms with Crippen molar-refractivity contribution < 1.29 is 13.2 Å². The van der Waals surface area contributed by atoms with Crippen LogP contribution in [0.15, 0.2) is 47.5 Å². The molecule has 1 aliphatic rings. The van der Waals surface area contributed by atoms with Crippen LogP contribution in [-0.2, 0) is 16.6 Å². The zero-order valence-electron chi connectivity index (χ0n) is 16.1. The molecule has 0 spiro atoms. The third kappa shape index (κ3) is 3.27. The smallest absolute Gasteiger partial charge is 0.243 e. The number of hydrogen-bond acceptors (Lipinski definition) is 5. The minimum atomic E-state index is -3.53. The van der Waals surface area contributed by atoms with Crippen molar-refractivity contribution in [3.8, 4) is 5.75 Å². The third-order valence-electron chi connectivity index (χ3n) is 5.19. The van der Waals surface area contributed by atoms with Gasteiger partial charge in [0, 0.05) is 31.7 Å². The zero-order valence-corrected chi connectivity index (χ0v) is 16.9. The van der Waals surface area contributed by atoms with E-state index in [1.165, 1.54) is 0 Å². The van der Waals surface area contributed by atoms with Crippen LogP contribution in [0.5, 0.6) is 5.75 Å². The fourth-order valence-corrected chi connectivity index (χ4v) is 5.29. The van der Waals surface area contributed by atoms with Gasteiger partial charge in [-0.3, -0.25) is 0 Å². The number of methoxy groups -OCH3 is 1. The molecule has 1 atom stereocenters. The van der Waals surface area contributed by atoms with E-state index in [-0.39, 0.29) is 10.8 Å². The molecule has 0 bridgehead atoms. The molecule has 0 amide bonds. The van der Waals surface area contributed by atoms with Crippen LogP contribution in [0.25, 0.3) is 11.2 Å². The van der Waals surface area contributed by atoms with Gasteiger partial charge in [0.25, 0.3) is 0 Å². The number of ether oxygens (including phenoxy) is 1. The number of nitrogens with zero attached hydrogens (tertiary/aromatic N) is 4. The van der Waals surface area contributed by atoms with Crippen LogP contribution >= 0.6 is 0 Å². The third-order valence-corrected chi connectivity index (χ3v) is 7.07. The highest BCUT2D eigenvalue weighted by atomic mass is 32.2. The van der Waals surface area contributed by atoms with Gasteiger partial charge >= 0.3 is 0 Å². The molecule has 0 radical (unpaired) electrons. The van der Waals surface area contributed by atoms with Crippen LogP contribution in [0.4, 0.5) is 0 Å². The van der Waals surface area contributed by atoms with Crippen molar-refractivity contribution in [3.05, 3.63) is 48.4 Å². The molecule has 4 rings (SSSR count). The Kier molecular flexibility index (Phi) is 5.07. The van der Waals surface area contributed by atoms with E-state index < -0.39 is 10.0 Å². The number of aromatic nitrogens is 3. The van der Waals surface area contributed by atoms with Crippen molar-refractivity contribution in [1.29, 1.82) is 0 Å². The number of pyridine rings is 1. The predicted octanol–water partition coefficient (Wildman–Crippen LogP) is 3.03. The molecule has 1 fully saturated rings. The van der Waals surface area contributed by atoms with Crippen molar-refractivity contribution in [2.24, 2.45) is 0 Å². The highest BCUT2D eigenvalue weighted by Gasteiger charge is 2.35. The highest BCUT2D eigenvalue weighted by Crippen LogP contribution is 2.32. The van der Waals surface area contributed by atoms with Crippen LogP contribution in [0.2, 0.25) is 0 Å². The fourth-order valence-electron chi connectivity index (χ4n) is 3.79. The van der Waals surface area contributed by atoms with Crippen LogP contribution in [0, 0.1) is 0 Å². The van der Waals surface area contributed by atoms with Crippen molar-refractivity contribution in [2.75, 3.05) is 20.2 Å². The second kappa shape index (κ2) is 7.52. The molecule has 1 saturated heterocycles. The summed E-state index contributed by atoms with van der Waals surface area (Å²) in [5.41, 5.74) is 1.73. The Morgan fingerprint density at radius 1 is 1.21 bits per heavy atom. The number of fused-ring (bicyclic) bond motifs is 1. The average molecular weight is 401 g/mol. The number of benzene rings is 1. The number of rotatable bonds is 6. The van der Waals surface area contributed by atoms with Gasteiger partial charge in [-0.25, -0.2) is 18.4 Å². The lowest BCUT2D eigenvalue weighted by atomic mass is 10.1. The summed E-state index contributed by atoms with van der Waals surface area (Å²) in [6.07, 6.45) is 3.49. The Bertz CT molecular complexity index is 1080. The second-order valence-electron chi connectivity index (χ2n) is 6.99. The van der Waals surface area contributed by atoms with Crippen LogP contribution in [0.1, 0.15) is 31.5 Å². The molecular formula is C20H24N4O3S. The Balaban J connectivity index is 1.62. The van der Waals surface area contributed by atoms with E-state index in [1.54, 1.807) is 41.9 Å². The molecule has 8 heteroatoms. The van der Waals surface area contributed by atoms with Crippen LogP contribution < -0.4 is 4.74 Å². The molecule has 3 aromatic rings. The van der Waals surface area contributed by atoms with E-state index in [2.05, 4.69) is 16.5 Å². The first kappa shape index (κ1) is 18.9. The number of aryl methyl sites for hydroxylation is 1. The Hall–Kier alpha value is -2.45. The van der Waals surface area contributed by atoms with Gasteiger partial charge in [0.05, 0.1) is 12.0 Å². The van der Waals surface area contributed by atoms with E-state index in [0.29, 0.717) is 18.8 Å². The van der Waals surface area contributed by atoms with Crippen molar-refractivity contribution in [3.63, 3.8) is 0 Å². The van der Waals surface area contributed by atoms with Crippen molar-refractivity contribution in [1.82, 2.24) is 18.8 Å². The van der Waals surface area contributed by atoms with E-state index in [9.17, 15) is 8.42 Å². The minimum absolute atomic E-state index is 0.0637. The SMILES string of the molecule is CCCn1c([C@H]2CCN(S(=O)(=O)c3ccc(OC)cc3)C2)nc2cccnc21. The zero-order chi connectivity index (χ0) is 19.7. The van der Waals surface area contributed by atoms with Crippen LogP contribution in [0.3, 0.4) is 0 Å². The lowest BCUT2D eigenvalue weighted by molar-refractivity contribution is 0.414. The monoisotopic (exact) mass is 400 g/mol. The van der Waals surface area contributed by atoms with Crippen LogP contribution in [-0.4, -0.2) is 47.5 Å². The van der Waals surface area contributed by atoms with E-state index in [4.69, 9.17) is 9.72 Å². The minimum Gasteiger partial charge on any atom is -0.497 e. The van der Waals surface area contributed by atoms with Gasteiger partial charge in [-0.2, -0.15) is 4.31 Å². The van der Waals surface area contributed by atoms with Gasteiger partial charge in [0.15, 0.2) is 5.65 Å². The molecule has 28 heavy (non-hydrogen) atoms. The fraction of sp³-hybridized carbons (Fsp3) is 0.400. The normalized spacial score (nSPS) is 18.0.